The molecule has 0 aromatic heterocycles. The molecule has 1 aliphatic rings. The van der Waals surface area contributed by atoms with Crippen LogP contribution in [0.1, 0.15) is 25.7 Å². The van der Waals surface area contributed by atoms with Gasteiger partial charge < -0.3 is 15.6 Å². The summed E-state index contributed by atoms with van der Waals surface area (Å²) in [6.07, 6.45) is 3.98. The van der Waals surface area contributed by atoms with E-state index < -0.39 is 12.0 Å². The summed E-state index contributed by atoms with van der Waals surface area (Å²) >= 11 is 0. The molecular formula is C11H22N2O3. The Hall–Kier alpha value is -0.650. The maximum Gasteiger partial charge on any atom is 0.320 e. The smallest absolute Gasteiger partial charge is 0.320 e. The van der Waals surface area contributed by atoms with E-state index in [0.717, 1.165) is 19.4 Å². The highest BCUT2D eigenvalue weighted by molar-refractivity contribution is 5.73. The second-order valence-electron chi connectivity index (χ2n) is 4.36. The molecule has 16 heavy (non-hydrogen) atoms. The van der Waals surface area contributed by atoms with Gasteiger partial charge in [0.1, 0.15) is 6.04 Å². The fraction of sp³-hybridized carbons (Fsp3) is 0.909. The molecule has 0 spiro atoms. The van der Waals surface area contributed by atoms with Crippen molar-refractivity contribution in [3.05, 3.63) is 0 Å². The number of hydrogen-bond acceptors (Lipinski definition) is 4. The van der Waals surface area contributed by atoms with Gasteiger partial charge in [0.25, 0.3) is 0 Å². The van der Waals surface area contributed by atoms with E-state index >= 15 is 0 Å². The van der Waals surface area contributed by atoms with E-state index in [2.05, 4.69) is 0 Å². The molecule has 0 aliphatic carbocycles. The quantitative estimate of drug-likeness (QED) is 0.686. The van der Waals surface area contributed by atoms with Crippen molar-refractivity contribution in [2.45, 2.75) is 37.8 Å². The van der Waals surface area contributed by atoms with Crippen molar-refractivity contribution < 1.29 is 14.6 Å². The zero-order valence-corrected chi connectivity index (χ0v) is 9.89. The van der Waals surface area contributed by atoms with Crippen LogP contribution in [0.25, 0.3) is 0 Å². The van der Waals surface area contributed by atoms with Crippen molar-refractivity contribution in [2.24, 2.45) is 5.73 Å². The Morgan fingerprint density at radius 3 is 2.88 bits per heavy atom. The van der Waals surface area contributed by atoms with Crippen molar-refractivity contribution in [2.75, 3.05) is 26.7 Å². The molecule has 1 fully saturated rings. The third-order valence-corrected chi connectivity index (χ3v) is 3.02. The number of aliphatic carboxylic acids is 1. The van der Waals surface area contributed by atoms with E-state index in [1.807, 2.05) is 11.9 Å². The van der Waals surface area contributed by atoms with Crippen LogP contribution in [0.2, 0.25) is 0 Å². The van der Waals surface area contributed by atoms with Crippen molar-refractivity contribution in [1.82, 2.24) is 4.90 Å². The second-order valence-corrected chi connectivity index (χ2v) is 4.36. The zero-order chi connectivity index (χ0) is 12.0. The predicted octanol–water partition coefficient (Wildman–Crippen LogP) is 0.289. The summed E-state index contributed by atoms with van der Waals surface area (Å²) in [7, 11) is 1.83. The molecule has 0 radical (unpaired) electrons. The number of nitrogens with two attached hydrogens (primary N) is 1. The normalized spacial score (nSPS) is 23.3. The fourth-order valence-corrected chi connectivity index (χ4v) is 2.09. The van der Waals surface area contributed by atoms with Gasteiger partial charge in [-0.1, -0.05) is 0 Å². The molecule has 2 unspecified atom stereocenters. The van der Waals surface area contributed by atoms with E-state index in [9.17, 15) is 4.79 Å². The Bertz CT molecular complexity index is 217. The topological polar surface area (TPSA) is 75.8 Å². The Morgan fingerprint density at radius 1 is 1.62 bits per heavy atom. The average molecular weight is 230 g/mol. The van der Waals surface area contributed by atoms with Gasteiger partial charge in [-0.15, -0.1) is 0 Å². The monoisotopic (exact) mass is 230 g/mol. The summed E-state index contributed by atoms with van der Waals surface area (Å²) in [6.45, 7) is 1.87. The number of rotatable bonds is 6. The molecule has 1 saturated heterocycles. The number of ether oxygens (including phenoxy) is 1. The van der Waals surface area contributed by atoms with Gasteiger partial charge in [0.05, 0.1) is 6.10 Å². The number of carboxylic acids is 1. The predicted molar refractivity (Wildman–Crippen MR) is 61.3 cm³/mol. The maximum absolute atomic E-state index is 11.0. The number of carboxylic acid groups (broad SMARTS) is 1. The standard InChI is InChI=1S/C11H22N2O3/c1-13(10(5-6-12)11(14)15)8-9-4-2-3-7-16-9/h9-10H,2-8,12H2,1H3,(H,14,15). The van der Waals surface area contributed by atoms with Crippen LogP contribution in [0.4, 0.5) is 0 Å². The van der Waals surface area contributed by atoms with Crippen LogP contribution >= 0.6 is 0 Å². The third-order valence-electron chi connectivity index (χ3n) is 3.02. The summed E-state index contributed by atoms with van der Waals surface area (Å²) in [5, 5.41) is 9.07. The number of likely N-dealkylation sites (N-methyl/N-ethyl adjacent to an activating group) is 1. The van der Waals surface area contributed by atoms with Crippen molar-refractivity contribution >= 4 is 5.97 Å². The molecule has 2 atom stereocenters. The first-order valence-corrected chi connectivity index (χ1v) is 5.90. The number of nitrogens with zero attached hydrogens (tertiary/aromatic N) is 1. The van der Waals surface area contributed by atoms with Gasteiger partial charge in [0.2, 0.25) is 0 Å². The molecule has 3 N–H and O–H groups in total. The highest BCUT2D eigenvalue weighted by Crippen LogP contribution is 2.15. The molecule has 0 amide bonds. The lowest BCUT2D eigenvalue weighted by molar-refractivity contribution is -0.143. The van der Waals surface area contributed by atoms with Gasteiger partial charge in [-0.2, -0.15) is 0 Å². The van der Waals surface area contributed by atoms with Gasteiger partial charge in [0, 0.05) is 13.2 Å². The first-order chi connectivity index (χ1) is 7.65. The minimum Gasteiger partial charge on any atom is -0.480 e. The van der Waals surface area contributed by atoms with Gasteiger partial charge in [-0.05, 0) is 39.3 Å². The molecule has 94 valence electrons. The average Bonchev–Trinajstić information content (AvgIpc) is 2.26. The van der Waals surface area contributed by atoms with E-state index in [-0.39, 0.29) is 6.10 Å². The molecule has 1 aliphatic heterocycles. The molecule has 1 heterocycles. The van der Waals surface area contributed by atoms with Crippen molar-refractivity contribution in [1.29, 1.82) is 0 Å². The molecule has 5 heteroatoms. The van der Waals surface area contributed by atoms with E-state index in [0.29, 0.717) is 19.5 Å². The molecule has 5 nitrogen and oxygen atoms in total. The fourth-order valence-electron chi connectivity index (χ4n) is 2.09. The van der Waals surface area contributed by atoms with E-state index in [1.54, 1.807) is 0 Å². The SMILES string of the molecule is CN(CC1CCCCO1)C(CCN)C(=O)O. The highest BCUT2D eigenvalue weighted by atomic mass is 16.5. The van der Waals surface area contributed by atoms with E-state index in [1.165, 1.54) is 6.42 Å². The largest absolute Gasteiger partial charge is 0.480 e. The second kappa shape index (κ2) is 6.83. The van der Waals surface area contributed by atoms with Crippen molar-refractivity contribution in [3.63, 3.8) is 0 Å². The minimum atomic E-state index is -0.802. The first-order valence-electron chi connectivity index (χ1n) is 5.90. The van der Waals surface area contributed by atoms with Gasteiger partial charge in [-0.3, -0.25) is 9.69 Å². The molecule has 0 aromatic carbocycles. The zero-order valence-electron chi connectivity index (χ0n) is 9.89. The lowest BCUT2D eigenvalue weighted by atomic mass is 10.1. The molecule has 0 saturated carbocycles. The van der Waals surface area contributed by atoms with Crippen LogP contribution < -0.4 is 5.73 Å². The summed E-state index contributed by atoms with van der Waals surface area (Å²) in [5.41, 5.74) is 5.42. The Balaban J connectivity index is 2.40. The summed E-state index contributed by atoms with van der Waals surface area (Å²) < 4.78 is 5.59. The minimum absolute atomic E-state index is 0.179. The molecule has 1 rings (SSSR count). The molecule has 0 aromatic rings. The van der Waals surface area contributed by atoms with Crippen LogP contribution in [0.3, 0.4) is 0 Å². The van der Waals surface area contributed by atoms with Crippen LogP contribution in [0.15, 0.2) is 0 Å². The molecular weight excluding hydrogens is 208 g/mol. The van der Waals surface area contributed by atoms with Crippen LogP contribution in [0, 0.1) is 0 Å². The lowest BCUT2D eigenvalue weighted by Gasteiger charge is -2.30. The lowest BCUT2D eigenvalue weighted by Crippen LogP contribution is -2.44. The van der Waals surface area contributed by atoms with Gasteiger partial charge in [0.15, 0.2) is 0 Å². The third kappa shape index (κ3) is 4.08. The van der Waals surface area contributed by atoms with Gasteiger partial charge in [-0.25, -0.2) is 0 Å². The highest BCUT2D eigenvalue weighted by Gasteiger charge is 2.25. The van der Waals surface area contributed by atoms with Crippen molar-refractivity contribution in [3.8, 4) is 0 Å². The Labute approximate surface area is 96.6 Å². The van der Waals surface area contributed by atoms with Gasteiger partial charge >= 0.3 is 5.97 Å². The summed E-state index contributed by atoms with van der Waals surface area (Å²) in [4.78, 5) is 12.9. The first kappa shape index (κ1) is 13.4. The maximum atomic E-state index is 11.0. The van der Waals surface area contributed by atoms with Crippen LogP contribution in [-0.4, -0.2) is 54.9 Å². The Kier molecular flexibility index (Phi) is 5.73. The summed E-state index contributed by atoms with van der Waals surface area (Å²) in [6, 6.07) is -0.490. The van der Waals surface area contributed by atoms with E-state index in [4.69, 9.17) is 15.6 Å². The van der Waals surface area contributed by atoms with Crippen LogP contribution in [-0.2, 0) is 9.53 Å². The molecule has 0 bridgehead atoms. The number of carbonyl (C=O) groups is 1. The number of hydrogen-bond donors (Lipinski definition) is 2. The summed E-state index contributed by atoms with van der Waals surface area (Å²) in [5.74, 6) is -0.802. The Morgan fingerprint density at radius 2 is 2.38 bits per heavy atom. The van der Waals surface area contributed by atoms with Crippen LogP contribution in [0.5, 0.6) is 0 Å².